The van der Waals surface area contributed by atoms with Crippen molar-refractivity contribution in [3.63, 3.8) is 0 Å². The lowest BCUT2D eigenvalue weighted by molar-refractivity contribution is 0.0920. The monoisotopic (exact) mass is 334 g/mol. The van der Waals surface area contributed by atoms with Crippen molar-refractivity contribution in [1.82, 2.24) is 9.62 Å². The summed E-state index contributed by atoms with van der Waals surface area (Å²) in [6.07, 6.45) is 2.14. The summed E-state index contributed by atoms with van der Waals surface area (Å²) in [5, 5.41) is 2.76. The molecule has 1 fully saturated rings. The lowest BCUT2D eigenvalue weighted by Crippen LogP contribution is -2.46. The van der Waals surface area contributed by atoms with Gasteiger partial charge in [0.15, 0.2) is 0 Å². The van der Waals surface area contributed by atoms with Crippen LogP contribution < -0.4 is 5.32 Å². The molecule has 1 aromatic rings. The number of carbonyl (C=O) groups is 1. The van der Waals surface area contributed by atoms with Crippen LogP contribution in [-0.4, -0.2) is 44.0 Å². The fraction of sp³-hybridized carbons (Fsp3) is 0.462. The summed E-state index contributed by atoms with van der Waals surface area (Å²) in [4.78, 5) is 12.1. The van der Waals surface area contributed by atoms with E-state index in [1.54, 1.807) is 0 Å². The highest BCUT2D eigenvalue weighted by atomic mass is 35.5. The zero-order valence-corrected chi connectivity index (χ0v) is 13.0. The fourth-order valence-electron chi connectivity index (χ4n) is 2.30. The van der Waals surface area contributed by atoms with Crippen LogP contribution in [0.25, 0.3) is 0 Å². The molecule has 116 valence electrons. The third kappa shape index (κ3) is 3.93. The van der Waals surface area contributed by atoms with E-state index in [1.807, 2.05) is 0 Å². The normalized spacial score (nSPS) is 17.7. The minimum absolute atomic E-state index is 0.0565. The molecule has 2 rings (SSSR count). The molecular formula is C13H16ClFN2O3S. The first kappa shape index (κ1) is 16.2. The molecule has 1 aliphatic rings. The molecule has 21 heavy (non-hydrogen) atoms. The average molecular weight is 335 g/mol. The summed E-state index contributed by atoms with van der Waals surface area (Å²) in [6, 6.07) is 3.86. The average Bonchev–Trinajstić information content (AvgIpc) is 2.38. The Balaban J connectivity index is 1.99. The first-order chi connectivity index (χ1) is 9.79. The van der Waals surface area contributed by atoms with Crippen molar-refractivity contribution < 1.29 is 17.6 Å². The molecule has 0 aliphatic carbocycles. The second kappa shape index (κ2) is 6.29. The highest BCUT2D eigenvalue weighted by Gasteiger charge is 2.27. The van der Waals surface area contributed by atoms with Crippen LogP contribution in [-0.2, 0) is 10.0 Å². The second-order valence-electron chi connectivity index (χ2n) is 5.01. The van der Waals surface area contributed by atoms with Crippen LogP contribution in [0.2, 0.25) is 5.02 Å². The molecule has 0 spiro atoms. The lowest BCUT2D eigenvalue weighted by Gasteiger charge is -2.30. The number of carbonyl (C=O) groups excluding carboxylic acids is 1. The van der Waals surface area contributed by atoms with E-state index < -0.39 is 21.7 Å². The Morgan fingerprint density at radius 2 is 2.00 bits per heavy atom. The maximum Gasteiger partial charge on any atom is 0.255 e. The summed E-state index contributed by atoms with van der Waals surface area (Å²) in [5.41, 5.74) is -0.176. The topological polar surface area (TPSA) is 66.5 Å². The van der Waals surface area contributed by atoms with Gasteiger partial charge in [-0.1, -0.05) is 17.7 Å². The first-order valence-corrected chi connectivity index (χ1v) is 8.71. The molecule has 1 aromatic carbocycles. The molecule has 0 radical (unpaired) electrons. The van der Waals surface area contributed by atoms with E-state index in [0.717, 1.165) is 6.26 Å². The van der Waals surface area contributed by atoms with Gasteiger partial charge in [0, 0.05) is 19.1 Å². The van der Waals surface area contributed by atoms with Crippen molar-refractivity contribution in [2.75, 3.05) is 19.3 Å². The number of benzene rings is 1. The molecule has 1 N–H and O–H groups in total. The molecule has 1 heterocycles. The molecule has 8 heteroatoms. The van der Waals surface area contributed by atoms with Crippen LogP contribution in [0.5, 0.6) is 0 Å². The van der Waals surface area contributed by atoms with Gasteiger partial charge in [0.1, 0.15) is 5.82 Å². The third-order valence-electron chi connectivity index (χ3n) is 3.45. The Morgan fingerprint density at radius 3 is 2.52 bits per heavy atom. The highest BCUT2D eigenvalue weighted by Crippen LogP contribution is 2.20. The maximum atomic E-state index is 13.6. The van der Waals surface area contributed by atoms with Crippen LogP contribution >= 0.6 is 11.6 Å². The fourth-order valence-corrected chi connectivity index (χ4v) is 3.43. The van der Waals surface area contributed by atoms with Crippen molar-refractivity contribution in [3.8, 4) is 0 Å². The highest BCUT2D eigenvalue weighted by molar-refractivity contribution is 7.88. The molecule has 0 aromatic heterocycles. The Labute approximate surface area is 128 Å². The van der Waals surface area contributed by atoms with Gasteiger partial charge >= 0.3 is 0 Å². The van der Waals surface area contributed by atoms with E-state index in [-0.39, 0.29) is 16.6 Å². The number of piperidine rings is 1. The van der Waals surface area contributed by atoms with Gasteiger partial charge in [0.25, 0.3) is 5.91 Å². The van der Waals surface area contributed by atoms with E-state index in [2.05, 4.69) is 5.32 Å². The molecular weight excluding hydrogens is 319 g/mol. The van der Waals surface area contributed by atoms with Crippen molar-refractivity contribution in [2.24, 2.45) is 0 Å². The zero-order valence-electron chi connectivity index (χ0n) is 11.5. The van der Waals surface area contributed by atoms with Crippen LogP contribution in [0.15, 0.2) is 18.2 Å². The number of hydrogen-bond donors (Lipinski definition) is 1. The number of amides is 1. The smallest absolute Gasteiger partial charge is 0.255 e. The number of nitrogens with zero attached hydrogens (tertiary/aromatic N) is 1. The van der Waals surface area contributed by atoms with Gasteiger partial charge in [0.2, 0.25) is 10.0 Å². The van der Waals surface area contributed by atoms with E-state index in [0.29, 0.717) is 25.9 Å². The molecule has 5 nitrogen and oxygen atoms in total. The Morgan fingerprint density at radius 1 is 1.38 bits per heavy atom. The SMILES string of the molecule is CS(=O)(=O)N1CCC(NC(=O)c2c(F)cccc2Cl)CC1. The van der Waals surface area contributed by atoms with Gasteiger partial charge in [-0.05, 0) is 25.0 Å². The Hall–Kier alpha value is -1.18. The third-order valence-corrected chi connectivity index (χ3v) is 5.07. The number of rotatable bonds is 3. The van der Waals surface area contributed by atoms with E-state index in [9.17, 15) is 17.6 Å². The minimum Gasteiger partial charge on any atom is -0.349 e. The molecule has 0 bridgehead atoms. The predicted octanol–water partition coefficient (Wildman–Crippen LogP) is 1.63. The van der Waals surface area contributed by atoms with Gasteiger partial charge in [-0.3, -0.25) is 4.79 Å². The van der Waals surface area contributed by atoms with Crippen molar-refractivity contribution >= 4 is 27.5 Å². The largest absolute Gasteiger partial charge is 0.349 e. The summed E-state index contributed by atoms with van der Waals surface area (Å²) in [6.45, 7) is 0.684. The molecule has 1 amide bonds. The standard InChI is InChI=1S/C13H16ClFN2O3S/c1-21(19,20)17-7-5-9(6-8-17)16-13(18)12-10(14)3-2-4-11(12)15/h2-4,9H,5-8H2,1H3,(H,16,18). The van der Waals surface area contributed by atoms with Gasteiger partial charge in [-0.25, -0.2) is 17.1 Å². The maximum absolute atomic E-state index is 13.6. The zero-order chi connectivity index (χ0) is 15.6. The molecule has 0 atom stereocenters. The minimum atomic E-state index is -3.20. The van der Waals surface area contributed by atoms with Crippen LogP contribution in [0, 0.1) is 5.82 Å². The van der Waals surface area contributed by atoms with Crippen LogP contribution in [0.1, 0.15) is 23.2 Å². The van der Waals surface area contributed by atoms with E-state index in [4.69, 9.17) is 11.6 Å². The van der Waals surface area contributed by atoms with Crippen LogP contribution in [0.3, 0.4) is 0 Å². The van der Waals surface area contributed by atoms with Crippen molar-refractivity contribution in [2.45, 2.75) is 18.9 Å². The van der Waals surface area contributed by atoms with E-state index in [1.165, 1.54) is 22.5 Å². The number of nitrogens with one attached hydrogen (secondary N) is 1. The first-order valence-electron chi connectivity index (χ1n) is 6.49. The Kier molecular flexibility index (Phi) is 4.85. The van der Waals surface area contributed by atoms with Crippen LogP contribution in [0.4, 0.5) is 4.39 Å². The molecule has 0 saturated carbocycles. The quantitative estimate of drug-likeness (QED) is 0.913. The van der Waals surface area contributed by atoms with Gasteiger partial charge in [-0.15, -0.1) is 0 Å². The van der Waals surface area contributed by atoms with Gasteiger partial charge < -0.3 is 5.32 Å². The summed E-state index contributed by atoms with van der Waals surface area (Å²) < 4.78 is 37.8. The molecule has 0 unspecified atom stereocenters. The second-order valence-corrected chi connectivity index (χ2v) is 7.40. The lowest BCUT2D eigenvalue weighted by atomic mass is 10.1. The van der Waals surface area contributed by atoms with Gasteiger partial charge in [0.05, 0.1) is 16.8 Å². The summed E-state index contributed by atoms with van der Waals surface area (Å²) in [5.74, 6) is -1.25. The van der Waals surface area contributed by atoms with Gasteiger partial charge in [-0.2, -0.15) is 0 Å². The van der Waals surface area contributed by atoms with Crippen molar-refractivity contribution in [1.29, 1.82) is 0 Å². The molecule has 1 aliphatic heterocycles. The predicted molar refractivity (Wildman–Crippen MR) is 78.3 cm³/mol. The number of sulfonamides is 1. The number of hydrogen-bond acceptors (Lipinski definition) is 3. The number of halogens is 2. The van der Waals surface area contributed by atoms with E-state index >= 15 is 0 Å². The van der Waals surface area contributed by atoms with Crippen molar-refractivity contribution in [3.05, 3.63) is 34.6 Å². The summed E-state index contributed by atoms with van der Waals surface area (Å²) in [7, 11) is -3.20. The Bertz CT molecular complexity index is 623. The molecule has 1 saturated heterocycles. The summed E-state index contributed by atoms with van der Waals surface area (Å²) >= 11 is 5.84.